The fraction of sp³-hybridized carbons (Fsp3) is 0.368. The highest BCUT2D eigenvalue weighted by molar-refractivity contribution is 6.31. The van der Waals surface area contributed by atoms with Crippen molar-refractivity contribution in [2.24, 2.45) is 0 Å². The predicted octanol–water partition coefficient (Wildman–Crippen LogP) is 4.84. The third-order valence-electron chi connectivity index (χ3n) is 4.38. The monoisotopic (exact) mass is 299 g/mol. The minimum absolute atomic E-state index is 0.247. The zero-order valence-electron chi connectivity index (χ0n) is 12.7. The van der Waals surface area contributed by atoms with Crippen molar-refractivity contribution in [3.05, 3.63) is 69.2 Å². The van der Waals surface area contributed by atoms with Gasteiger partial charge in [0.25, 0.3) is 0 Å². The predicted molar refractivity (Wildman–Crippen MR) is 90.2 cm³/mol. The standard InChI is InChI=1S/C19H22ClN/c1-3-21-19(16-9-10-18(20)13(2)11-16)17-8-7-14-5-4-6-15(14)12-17/h7-12,19,21H,3-6H2,1-2H3. The van der Waals surface area contributed by atoms with Crippen molar-refractivity contribution < 1.29 is 0 Å². The van der Waals surface area contributed by atoms with Gasteiger partial charge in [-0.2, -0.15) is 0 Å². The largest absolute Gasteiger partial charge is 0.307 e. The van der Waals surface area contributed by atoms with Crippen molar-refractivity contribution in [2.45, 2.75) is 39.2 Å². The summed E-state index contributed by atoms with van der Waals surface area (Å²) in [4.78, 5) is 0. The molecule has 2 aromatic rings. The molecule has 2 heteroatoms. The Morgan fingerprint density at radius 3 is 2.52 bits per heavy atom. The summed E-state index contributed by atoms with van der Waals surface area (Å²) in [6.07, 6.45) is 3.76. The zero-order valence-corrected chi connectivity index (χ0v) is 13.5. The summed E-state index contributed by atoms with van der Waals surface area (Å²) in [5, 5.41) is 4.45. The average Bonchev–Trinajstić information content (AvgIpc) is 2.95. The maximum Gasteiger partial charge on any atom is 0.0576 e. The fourth-order valence-electron chi connectivity index (χ4n) is 3.25. The first kappa shape index (κ1) is 14.6. The van der Waals surface area contributed by atoms with E-state index < -0.39 is 0 Å². The van der Waals surface area contributed by atoms with Crippen LogP contribution in [0.15, 0.2) is 36.4 Å². The molecule has 0 radical (unpaired) electrons. The molecular formula is C19H22ClN. The van der Waals surface area contributed by atoms with Gasteiger partial charge in [0.15, 0.2) is 0 Å². The summed E-state index contributed by atoms with van der Waals surface area (Å²) >= 11 is 6.16. The summed E-state index contributed by atoms with van der Waals surface area (Å²) in [7, 11) is 0. The van der Waals surface area contributed by atoms with E-state index in [-0.39, 0.29) is 6.04 Å². The molecular weight excluding hydrogens is 278 g/mol. The lowest BCUT2D eigenvalue weighted by Gasteiger charge is -2.20. The van der Waals surface area contributed by atoms with Gasteiger partial charge in [0, 0.05) is 5.02 Å². The van der Waals surface area contributed by atoms with Crippen molar-refractivity contribution in [2.75, 3.05) is 6.54 Å². The second-order valence-corrected chi connectivity index (χ2v) is 6.29. The number of rotatable bonds is 4. The highest BCUT2D eigenvalue weighted by Gasteiger charge is 2.17. The van der Waals surface area contributed by atoms with Crippen LogP contribution in [0.2, 0.25) is 5.02 Å². The van der Waals surface area contributed by atoms with E-state index in [9.17, 15) is 0 Å². The van der Waals surface area contributed by atoms with E-state index in [4.69, 9.17) is 11.6 Å². The van der Waals surface area contributed by atoms with Gasteiger partial charge in [-0.05, 0) is 66.6 Å². The first-order valence-electron chi connectivity index (χ1n) is 7.80. The number of hydrogen-bond acceptors (Lipinski definition) is 1. The Hall–Kier alpha value is -1.31. The Morgan fingerprint density at radius 1 is 1.05 bits per heavy atom. The van der Waals surface area contributed by atoms with Gasteiger partial charge in [-0.25, -0.2) is 0 Å². The first-order chi connectivity index (χ1) is 10.2. The lowest BCUT2D eigenvalue weighted by molar-refractivity contribution is 0.630. The summed E-state index contributed by atoms with van der Waals surface area (Å²) in [6, 6.07) is 13.6. The number of halogens is 1. The molecule has 1 atom stereocenters. The van der Waals surface area contributed by atoms with Crippen LogP contribution in [0.1, 0.15) is 47.2 Å². The maximum atomic E-state index is 6.16. The molecule has 0 amide bonds. The molecule has 0 spiro atoms. The first-order valence-corrected chi connectivity index (χ1v) is 8.18. The van der Waals surface area contributed by atoms with Crippen LogP contribution in [-0.4, -0.2) is 6.54 Å². The molecule has 0 heterocycles. The molecule has 1 aliphatic rings. The van der Waals surface area contributed by atoms with Crippen molar-refractivity contribution in [1.82, 2.24) is 5.32 Å². The summed E-state index contributed by atoms with van der Waals surface area (Å²) in [6.45, 7) is 5.17. The van der Waals surface area contributed by atoms with Crippen molar-refractivity contribution in [3.63, 3.8) is 0 Å². The van der Waals surface area contributed by atoms with E-state index in [1.165, 1.54) is 41.5 Å². The van der Waals surface area contributed by atoms with Crippen LogP contribution >= 0.6 is 11.6 Å². The third-order valence-corrected chi connectivity index (χ3v) is 4.80. The quantitative estimate of drug-likeness (QED) is 0.852. The maximum absolute atomic E-state index is 6.16. The third kappa shape index (κ3) is 3.00. The molecule has 1 unspecified atom stereocenters. The van der Waals surface area contributed by atoms with Crippen LogP contribution in [0.25, 0.3) is 0 Å². The van der Waals surface area contributed by atoms with Gasteiger partial charge in [-0.15, -0.1) is 0 Å². The van der Waals surface area contributed by atoms with E-state index in [2.05, 4.69) is 49.5 Å². The second kappa shape index (κ2) is 6.21. The van der Waals surface area contributed by atoms with Gasteiger partial charge in [0.05, 0.1) is 6.04 Å². The van der Waals surface area contributed by atoms with Crippen LogP contribution in [0.3, 0.4) is 0 Å². The Bertz CT molecular complexity index is 648. The van der Waals surface area contributed by atoms with Crippen molar-refractivity contribution in [1.29, 1.82) is 0 Å². The van der Waals surface area contributed by atoms with Crippen molar-refractivity contribution >= 4 is 11.6 Å². The smallest absolute Gasteiger partial charge is 0.0576 e. The summed E-state index contributed by atoms with van der Waals surface area (Å²) < 4.78 is 0. The Labute approximate surface area is 132 Å². The lowest BCUT2D eigenvalue weighted by Crippen LogP contribution is -2.22. The highest BCUT2D eigenvalue weighted by Crippen LogP contribution is 2.30. The van der Waals surface area contributed by atoms with Gasteiger partial charge >= 0.3 is 0 Å². The minimum atomic E-state index is 0.247. The Kier molecular flexibility index (Phi) is 4.32. The number of hydrogen-bond donors (Lipinski definition) is 1. The molecule has 0 aromatic heterocycles. The molecule has 0 saturated heterocycles. The average molecular weight is 300 g/mol. The molecule has 1 nitrogen and oxygen atoms in total. The highest BCUT2D eigenvalue weighted by atomic mass is 35.5. The summed E-state index contributed by atoms with van der Waals surface area (Å²) in [5.41, 5.74) is 6.84. The van der Waals surface area contributed by atoms with E-state index in [1.807, 2.05) is 6.07 Å². The molecule has 0 saturated carbocycles. The summed E-state index contributed by atoms with van der Waals surface area (Å²) in [5.74, 6) is 0. The second-order valence-electron chi connectivity index (χ2n) is 5.88. The molecule has 3 rings (SSSR count). The molecule has 0 bridgehead atoms. The molecule has 21 heavy (non-hydrogen) atoms. The molecule has 2 aromatic carbocycles. The van der Waals surface area contributed by atoms with Crippen LogP contribution in [0.4, 0.5) is 0 Å². The number of nitrogens with one attached hydrogen (secondary N) is 1. The normalized spacial score (nSPS) is 15.0. The van der Waals surface area contributed by atoms with Crippen LogP contribution in [0.5, 0.6) is 0 Å². The van der Waals surface area contributed by atoms with Gasteiger partial charge in [0.2, 0.25) is 0 Å². The Morgan fingerprint density at radius 2 is 1.76 bits per heavy atom. The van der Waals surface area contributed by atoms with Gasteiger partial charge in [-0.1, -0.05) is 48.9 Å². The van der Waals surface area contributed by atoms with Crippen LogP contribution < -0.4 is 5.32 Å². The number of aryl methyl sites for hydroxylation is 3. The minimum Gasteiger partial charge on any atom is -0.307 e. The number of benzene rings is 2. The zero-order chi connectivity index (χ0) is 14.8. The van der Waals surface area contributed by atoms with Crippen LogP contribution in [0, 0.1) is 6.92 Å². The topological polar surface area (TPSA) is 12.0 Å². The van der Waals surface area contributed by atoms with Crippen molar-refractivity contribution in [3.8, 4) is 0 Å². The van der Waals surface area contributed by atoms with Gasteiger partial charge in [-0.3, -0.25) is 0 Å². The fourth-order valence-corrected chi connectivity index (χ4v) is 3.37. The lowest BCUT2D eigenvalue weighted by atomic mass is 9.94. The van der Waals surface area contributed by atoms with E-state index in [0.717, 1.165) is 17.1 Å². The number of fused-ring (bicyclic) bond motifs is 1. The van der Waals surface area contributed by atoms with E-state index in [1.54, 1.807) is 0 Å². The van der Waals surface area contributed by atoms with Gasteiger partial charge in [0.1, 0.15) is 0 Å². The van der Waals surface area contributed by atoms with E-state index in [0.29, 0.717) is 0 Å². The van der Waals surface area contributed by atoms with E-state index >= 15 is 0 Å². The molecule has 1 aliphatic carbocycles. The molecule has 0 fully saturated rings. The molecule has 110 valence electrons. The van der Waals surface area contributed by atoms with Crippen LogP contribution in [-0.2, 0) is 12.8 Å². The van der Waals surface area contributed by atoms with Gasteiger partial charge < -0.3 is 5.32 Å². The molecule has 0 aliphatic heterocycles. The molecule has 1 N–H and O–H groups in total. The Balaban J connectivity index is 1.99. The SMILES string of the molecule is CCNC(c1ccc(Cl)c(C)c1)c1ccc2c(c1)CCC2.